The number of para-hydroxylation sites is 2. The van der Waals surface area contributed by atoms with Crippen LogP contribution in [0.3, 0.4) is 0 Å². The zero-order valence-electron chi connectivity index (χ0n) is 13.8. The molecule has 0 amide bonds. The maximum atomic E-state index is 6.00. The highest BCUT2D eigenvalue weighted by Crippen LogP contribution is 2.34. The highest BCUT2D eigenvalue weighted by atomic mass is 35.5. The molecule has 0 saturated heterocycles. The maximum Gasteiger partial charge on any atom is 0.258 e. The highest BCUT2D eigenvalue weighted by molar-refractivity contribution is 5.99. The van der Waals surface area contributed by atoms with Gasteiger partial charge in [-0.1, -0.05) is 42.5 Å². The van der Waals surface area contributed by atoms with Gasteiger partial charge in [-0.2, -0.15) is 0 Å². The molecule has 126 valence electrons. The molecule has 0 aromatic heterocycles. The van der Waals surface area contributed by atoms with Gasteiger partial charge in [0.15, 0.2) is 11.5 Å². The zero-order valence-corrected chi connectivity index (χ0v) is 14.6. The van der Waals surface area contributed by atoms with Crippen LogP contribution in [-0.4, -0.2) is 38.0 Å². The van der Waals surface area contributed by atoms with Gasteiger partial charge in [0.05, 0.1) is 0 Å². The van der Waals surface area contributed by atoms with Crippen molar-refractivity contribution in [3.8, 4) is 5.75 Å². The molecule has 0 aliphatic carbocycles. The first kappa shape index (κ1) is 18.0. The molecule has 0 unspecified atom stereocenters. The number of aliphatic imine (C=N–C) groups is 1. The molecule has 0 radical (unpaired) electrons. The molecule has 4 nitrogen and oxygen atoms in total. The largest absolute Gasteiger partial charge is 0.474 e. The number of hydrogen-bond donors (Lipinski definition) is 0. The summed E-state index contributed by atoms with van der Waals surface area (Å²) in [6.07, 6.45) is 1.95. The lowest BCUT2D eigenvalue weighted by Gasteiger charge is -2.20. The van der Waals surface area contributed by atoms with E-state index in [1.165, 1.54) is 0 Å². The van der Waals surface area contributed by atoms with Crippen LogP contribution in [-0.2, 0) is 4.74 Å². The zero-order chi connectivity index (χ0) is 16.1. The molecular formula is C19H21ClN2O2. The van der Waals surface area contributed by atoms with Crippen molar-refractivity contribution < 1.29 is 9.47 Å². The first-order chi connectivity index (χ1) is 11.2. The van der Waals surface area contributed by atoms with Crippen molar-refractivity contribution in [1.29, 1.82) is 0 Å². The number of benzene rings is 2. The summed E-state index contributed by atoms with van der Waals surface area (Å²) in [7, 11) is 4.02. The van der Waals surface area contributed by atoms with Gasteiger partial charge in [0.1, 0.15) is 12.3 Å². The lowest BCUT2D eigenvalue weighted by Crippen LogP contribution is -2.23. The number of nitrogens with zero attached hydrogens (tertiary/aromatic N) is 2. The van der Waals surface area contributed by atoms with E-state index in [-0.39, 0.29) is 12.4 Å². The Morgan fingerprint density at radius 2 is 1.75 bits per heavy atom. The average molecular weight is 345 g/mol. The summed E-state index contributed by atoms with van der Waals surface area (Å²) in [4.78, 5) is 6.67. The monoisotopic (exact) mass is 344 g/mol. The normalized spacial score (nSPS) is 14.5. The van der Waals surface area contributed by atoms with Crippen LogP contribution in [0.2, 0.25) is 0 Å². The molecule has 1 heterocycles. The molecule has 0 N–H and O–H groups in total. The van der Waals surface area contributed by atoms with Crippen LogP contribution in [0.25, 0.3) is 6.08 Å². The molecule has 2 aromatic carbocycles. The van der Waals surface area contributed by atoms with Crippen LogP contribution in [0, 0.1) is 0 Å². The molecular weight excluding hydrogens is 324 g/mol. The highest BCUT2D eigenvalue weighted by Gasteiger charge is 2.20. The second-order valence-corrected chi connectivity index (χ2v) is 5.56. The van der Waals surface area contributed by atoms with Crippen molar-refractivity contribution >= 4 is 30.1 Å². The summed E-state index contributed by atoms with van der Waals surface area (Å²) in [6.45, 7) is 1.38. The van der Waals surface area contributed by atoms with E-state index in [9.17, 15) is 0 Å². The Morgan fingerprint density at radius 1 is 1.04 bits per heavy atom. The standard InChI is InChI=1S/C19H20N2O2.ClH/c1-21(2)12-13-22-19-18(14-15-8-4-3-5-9-15)23-17-11-7-6-10-16(17)20-19;/h3-11,14H,12-13H2,1-2H3;1H. The van der Waals surface area contributed by atoms with Gasteiger partial charge in [0.25, 0.3) is 5.90 Å². The van der Waals surface area contributed by atoms with Gasteiger partial charge in [0.2, 0.25) is 0 Å². The van der Waals surface area contributed by atoms with Crippen molar-refractivity contribution in [3.63, 3.8) is 0 Å². The van der Waals surface area contributed by atoms with Gasteiger partial charge in [0, 0.05) is 6.54 Å². The molecule has 0 spiro atoms. The molecule has 24 heavy (non-hydrogen) atoms. The Labute approximate surface area is 148 Å². The molecule has 0 atom stereocenters. The van der Waals surface area contributed by atoms with E-state index in [4.69, 9.17) is 9.47 Å². The lowest BCUT2D eigenvalue weighted by molar-refractivity contribution is 0.242. The smallest absolute Gasteiger partial charge is 0.258 e. The summed E-state index contributed by atoms with van der Waals surface area (Å²) in [5.41, 5.74) is 1.84. The van der Waals surface area contributed by atoms with E-state index < -0.39 is 0 Å². The first-order valence-electron chi connectivity index (χ1n) is 7.62. The fourth-order valence-corrected chi connectivity index (χ4v) is 2.18. The van der Waals surface area contributed by atoms with Crippen LogP contribution in [0.4, 0.5) is 5.69 Å². The fraction of sp³-hybridized carbons (Fsp3) is 0.211. The molecule has 3 rings (SSSR count). The van der Waals surface area contributed by atoms with E-state index in [0.29, 0.717) is 18.3 Å². The molecule has 2 aromatic rings. The number of rotatable bonds is 4. The van der Waals surface area contributed by atoms with Crippen molar-refractivity contribution in [2.45, 2.75) is 0 Å². The van der Waals surface area contributed by atoms with Crippen molar-refractivity contribution in [2.75, 3.05) is 27.2 Å². The molecule has 5 heteroatoms. The predicted molar refractivity (Wildman–Crippen MR) is 100 cm³/mol. The van der Waals surface area contributed by atoms with Gasteiger partial charge in [-0.05, 0) is 37.9 Å². The van der Waals surface area contributed by atoms with Gasteiger partial charge in [-0.25, -0.2) is 4.99 Å². The summed E-state index contributed by atoms with van der Waals surface area (Å²) < 4.78 is 11.8. The van der Waals surface area contributed by atoms with E-state index in [2.05, 4.69) is 9.89 Å². The Bertz CT molecular complexity index is 727. The molecule has 0 bridgehead atoms. The van der Waals surface area contributed by atoms with Crippen LogP contribution in [0.1, 0.15) is 5.56 Å². The predicted octanol–water partition coefficient (Wildman–Crippen LogP) is 4.15. The van der Waals surface area contributed by atoms with Gasteiger partial charge in [-0.3, -0.25) is 0 Å². The number of ether oxygens (including phenoxy) is 2. The maximum absolute atomic E-state index is 6.00. The van der Waals surface area contributed by atoms with E-state index in [1.807, 2.05) is 74.8 Å². The third-order valence-electron chi connectivity index (χ3n) is 3.39. The second kappa shape index (κ2) is 8.52. The van der Waals surface area contributed by atoms with Crippen LogP contribution < -0.4 is 4.74 Å². The Balaban J connectivity index is 0.00000208. The molecule has 0 fully saturated rings. The SMILES string of the molecule is CN(C)CCOC1=Nc2ccccc2OC1=Cc1ccccc1.Cl. The first-order valence-corrected chi connectivity index (χ1v) is 7.62. The van der Waals surface area contributed by atoms with E-state index in [1.54, 1.807) is 0 Å². The molecule has 0 saturated carbocycles. The number of hydrogen-bond acceptors (Lipinski definition) is 4. The topological polar surface area (TPSA) is 34.1 Å². The third kappa shape index (κ3) is 4.60. The Kier molecular flexibility index (Phi) is 6.41. The van der Waals surface area contributed by atoms with Crippen molar-refractivity contribution in [3.05, 3.63) is 65.9 Å². The van der Waals surface area contributed by atoms with Crippen LogP contribution >= 0.6 is 12.4 Å². The third-order valence-corrected chi connectivity index (χ3v) is 3.39. The average Bonchev–Trinajstić information content (AvgIpc) is 2.56. The van der Waals surface area contributed by atoms with Crippen LogP contribution in [0.15, 0.2) is 65.3 Å². The molecule has 1 aliphatic heterocycles. The minimum atomic E-state index is 0. The minimum absolute atomic E-state index is 0. The number of likely N-dealkylation sites (N-methyl/N-ethyl adjacent to an activating group) is 1. The summed E-state index contributed by atoms with van der Waals surface area (Å²) >= 11 is 0. The fourth-order valence-electron chi connectivity index (χ4n) is 2.18. The number of halogens is 1. The van der Waals surface area contributed by atoms with Crippen LogP contribution in [0.5, 0.6) is 5.75 Å². The Morgan fingerprint density at radius 3 is 2.50 bits per heavy atom. The van der Waals surface area contributed by atoms with Crippen molar-refractivity contribution in [1.82, 2.24) is 4.90 Å². The summed E-state index contributed by atoms with van der Waals surface area (Å²) in [5.74, 6) is 1.90. The Hall–Kier alpha value is -2.30. The molecule has 1 aliphatic rings. The van der Waals surface area contributed by atoms with Gasteiger partial charge >= 0.3 is 0 Å². The second-order valence-electron chi connectivity index (χ2n) is 5.56. The van der Waals surface area contributed by atoms with Crippen molar-refractivity contribution in [2.24, 2.45) is 4.99 Å². The minimum Gasteiger partial charge on any atom is -0.474 e. The number of fused-ring (bicyclic) bond motifs is 1. The summed E-state index contributed by atoms with van der Waals surface area (Å²) in [5, 5.41) is 0. The quantitative estimate of drug-likeness (QED) is 0.835. The van der Waals surface area contributed by atoms with Gasteiger partial charge in [-0.15, -0.1) is 12.4 Å². The summed E-state index contributed by atoms with van der Waals surface area (Å²) in [6, 6.07) is 17.7. The van der Waals surface area contributed by atoms with E-state index >= 15 is 0 Å². The van der Waals surface area contributed by atoms with Gasteiger partial charge < -0.3 is 14.4 Å². The lowest BCUT2D eigenvalue weighted by atomic mass is 10.2. The van der Waals surface area contributed by atoms with E-state index in [0.717, 1.165) is 23.5 Å².